The second kappa shape index (κ2) is 5.49. The molecule has 2 aromatic carbocycles. The quantitative estimate of drug-likeness (QED) is 0.764. The predicted molar refractivity (Wildman–Crippen MR) is 70.6 cm³/mol. The van der Waals surface area contributed by atoms with Gasteiger partial charge >= 0.3 is 0 Å². The fourth-order valence-corrected chi connectivity index (χ4v) is 1.97. The van der Waals surface area contributed by atoms with Crippen LogP contribution in [-0.4, -0.2) is 5.78 Å². The van der Waals surface area contributed by atoms with Gasteiger partial charge in [0, 0.05) is 11.4 Å². The molecule has 0 unspecified atom stereocenters. The van der Waals surface area contributed by atoms with Crippen molar-refractivity contribution in [2.75, 3.05) is 0 Å². The van der Waals surface area contributed by atoms with E-state index in [1.54, 1.807) is 24.3 Å². The molecule has 0 aliphatic heterocycles. The van der Waals surface area contributed by atoms with Crippen LogP contribution >= 0.6 is 11.6 Å². The molecule has 0 saturated carbocycles. The highest BCUT2D eigenvalue weighted by Crippen LogP contribution is 2.20. The van der Waals surface area contributed by atoms with Gasteiger partial charge in [-0.05, 0) is 30.2 Å². The summed E-state index contributed by atoms with van der Waals surface area (Å²) in [5.41, 5.74) is 0.518. The lowest BCUT2D eigenvalue weighted by atomic mass is 10.0. The number of carbonyl (C=O) groups is 1. The maximum absolute atomic E-state index is 13.7. The van der Waals surface area contributed by atoms with Crippen molar-refractivity contribution in [3.05, 3.63) is 69.7 Å². The van der Waals surface area contributed by atoms with Gasteiger partial charge in [-0.15, -0.1) is 0 Å². The lowest BCUT2D eigenvalue weighted by Gasteiger charge is -2.06. The van der Waals surface area contributed by atoms with Crippen LogP contribution in [0.1, 0.15) is 21.5 Å². The topological polar surface area (TPSA) is 17.1 Å². The SMILES string of the molecule is Cc1ccc(C(=O)Cc2ccccc2Cl)c(F)c1F. The molecule has 0 aliphatic rings. The molecule has 19 heavy (non-hydrogen) atoms. The van der Waals surface area contributed by atoms with Crippen LogP contribution in [0.5, 0.6) is 0 Å². The number of aryl methyl sites for hydroxylation is 1. The van der Waals surface area contributed by atoms with Crippen LogP contribution in [-0.2, 0) is 6.42 Å². The monoisotopic (exact) mass is 280 g/mol. The Bertz CT molecular complexity index is 638. The standard InChI is InChI=1S/C15H11ClF2O/c1-9-6-7-11(15(18)14(9)17)13(19)8-10-4-2-3-5-12(10)16/h2-7H,8H2,1H3. The Morgan fingerprint density at radius 3 is 2.47 bits per heavy atom. The maximum atomic E-state index is 13.7. The third-order valence-corrected chi connectivity index (χ3v) is 3.25. The molecule has 1 nitrogen and oxygen atoms in total. The van der Waals surface area contributed by atoms with Crippen LogP contribution in [0.15, 0.2) is 36.4 Å². The van der Waals surface area contributed by atoms with Crippen molar-refractivity contribution in [1.82, 2.24) is 0 Å². The first-order valence-electron chi connectivity index (χ1n) is 5.72. The number of Topliss-reactive ketones (excluding diaryl/α,β-unsaturated/α-hetero) is 1. The Balaban J connectivity index is 2.31. The number of rotatable bonds is 3. The second-order valence-corrected chi connectivity index (χ2v) is 4.66. The van der Waals surface area contributed by atoms with Crippen LogP contribution < -0.4 is 0 Å². The van der Waals surface area contributed by atoms with E-state index in [0.717, 1.165) is 0 Å². The van der Waals surface area contributed by atoms with Gasteiger partial charge in [-0.25, -0.2) is 8.78 Å². The van der Waals surface area contributed by atoms with Gasteiger partial charge in [0.1, 0.15) is 0 Å². The molecule has 98 valence electrons. The first-order chi connectivity index (χ1) is 9.00. The van der Waals surface area contributed by atoms with Gasteiger partial charge in [0.25, 0.3) is 0 Å². The molecular weight excluding hydrogens is 270 g/mol. The lowest BCUT2D eigenvalue weighted by Crippen LogP contribution is -2.08. The molecule has 2 aromatic rings. The predicted octanol–water partition coefficient (Wildman–Crippen LogP) is 4.35. The number of hydrogen-bond acceptors (Lipinski definition) is 1. The molecule has 0 heterocycles. The molecule has 0 atom stereocenters. The first kappa shape index (κ1) is 13.7. The third-order valence-electron chi connectivity index (χ3n) is 2.88. The number of ketones is 1. The van der Waals surface area contributed by atoms with Crippen molar-refractivity contribution in [2.24, 2.45) is 0 Å². The zero-order chi connectivity index (χ0) is 14.0. The Morgan fingerprint density at radius 1 is 1.11 bits per heavy atom. The average molecular weight is 281 g/mol. The zero-order valence-electron chi connectivity index (χ0n) is 10.2. The summed E-state index contributed by atoms with van der Waals surface area (Å²) in [6.45, 7) is 1.45. The molecule has 0 saturated heterocycles. The average Bonchev–Trinajstić information content (AvgIpc) is 2.39. The van der Waals surface area contributed by atoms with E-state index in [0.29, 0.717) is 10.6 Å². The van der Waals surface area contributed by atoms with Crippen molar-refractivity contribution >= 4 is 17.4 Å². The Labute approximate surface area is 114 Å². The van der Waals surface area contributed by atoms with Crippen molar-refractivity contribution in [2.45, 2.75) is 13.3 Å². The summed E-state index contributed by atoms with van der Waals surface area (Å²) >= 11 is 5.93. The third kappa shape index (κ3) is 2.82. The van der Waals surface area contributed by atoms with Crippen molar-refractivity contribution in [1.29, 1.82) is 0 Å². The van der Waals surface area contributed by atoms with E-state index in [2.05, 4.69) is 0 Å². The fraction of sp³-hybridized carbons (Fsp3) is 0.133. The second-order valence-electron chi connectivity index (χ2n) is 4.25. The maximum Gasteiger partial charge on any atom is 0.170 e. The Morgan fingerprint density at radius 2 is 1.79 bits per heavy atom. The molecule has 4 heteroatoms. The van der Waals surface area contributed by atoms with Gasteiger partial charge in [0.05, 0.1) is 5.56 Å². The molecule has 0 radical (unpaired) electrons. The highest BCUT2D eigenvalue weighted by molar-refractivity contribution is 6.31. The van der Waals surface area contributed by atoms with E-state index >= 15 is 0 Å². The van der Waals surface area contributed by atoms with E-state index in [1.807, 2.05) is 0 Å². The van der Waals surface area contributed by atoms with Gasteiger partial charge in [-0.1, -0.05) is 35.9 Å². The Hall–Kier alpha value is -1.74. The fourth-order valence-electron chi connectivity index (χ4n) is 1.77. The number of benzene rings is 2. The molecule has 0 spiro atoms. The van der Waals surface area contributed by atoms with E-state index in [4.69, 9.17) is 11.6 Å². The summed E-state index contributed by atoms with van der Waals surface area (Å²) in [4.78, 5) is 12.0. The van der Waals surface area contributed by atoms with Crippen molar-refractivity contribution in [3.63, 3.8) is 0 Å². The molecule has 0 fully saturated rings. The molecule has 0 aromatic heterocycles. The highest BCUT2D eigenvalue weighted by Gasteiger charge is 2.18. The zero-order valence-corrected chi connectivity index (χ0v) is 11.0. The van der Waals surface area contributed by atoms with E-state index in [1.165, 1.54) is 19.1 Å². The number of carbonyl (C=O) groups excluding carboxylic acids is 1. The van der Waals surface area contributed by atoms with Gasteiger partial charge in [0.15, 0.2) is 17.4 Å². The molecule has 0 amide bonds. The van der Waals surface area contributed by atoms with E-state index < -0.39 is 17.4 Å². The minimum absolute atomic E-state index is 0.0565. The van der Waals surface area contributed by atoms with Gasteiger partial charge in [0.2, 0.25) is 0 Å². The van der Waals surface area contributed by atoms with Crippen LogP contribution in [0.2, 0.25) is 5.02 Å². The molecule has 0 bridgehead atoms. The van der Waals surface area contributed by atoms with Crippen LogP contribution in [0.3, 0.4) is 0 Å². The summed E-state index contributed by atoms with van der Waals surface area (Å²) in [6, 6.07) is 9.49. The first-order valence-corrected chi connectivity index (χ1v) is 6.09. The van der Waals surface area contributed by atoms with Crippen molar-refractivity contribution < 1.29 is 13.6 Å². The van der Waals surface area contributed by atoms with Gasteiger partial charge in [-0.2, -0.15) is 0 Å². The molecule has 0 aliphatic carbocycles. The summed E-state index contributed by atoms with van der Waals surface area (Å²) in [7, 11) is 0. The lowest BCUT2D eigenvalue weighted by molar-refractivity contribution is 0.0988. The summed E-state index contributed by atoms with van der Waals surface area (Å²) < 4.78 is 27.1. The summed E-state index contributed by atoms with van der Waals surface area (Å²) in [5.74, 6) is -2.58. The largest absolute Gasteiger partial charge is 0.294 e. The van der Waals surface area contributed by atoms with Gasteiger partial charge in [-0.3, -0.25) is 4.79 Å². The van der Waals surface area contributed by atoms with Crippen LogP contribution in [0, 0.1) is 18.6 Å². The number of halogens is 3. The smallest absolute Gasteiger partial charge is 0.170 e. The molecule has 2 rings (SSSR count). The summed E-state index contributed by atoms with van der Waals surface area (Å²) in [5, 5.41) is 0.434. The normalized spacial score (nSPS) is 10.5. The van der Waals surface area contributed by atoms with Gasteiger partial charge < -0.3 is 0 Å². The van der Waals surface area contributed by atoms with Crippen molar-refractivity contribution in [3.8, 4) is 0 Å². The molecular formula is C15H11ClF2O. The van der Waals surface area contributed by atoms with Crippen LogP contribution in [0.25, 0.3) is 0 Å². The summed E-state index contributed by atoms with van der Waals surface area (Å²) in [6.07, 6.45) is -0.0565. The number of hydrogen-bond donors (Lipinski definition) is 0. The molecule has 0 N–H and O–H groups in total. The van der Waals surface area contributed by atoms with E-state index in [9.17, 15) is 13.6 Å². The minimum atomic E-state index is -1.10. The highest BCUT2D eigenvalue weighted by atomic mass is 35.5. The van der Waals surface area contributed by atoms with Crippen LogP contribution in [0.4, 0.5) is 8.78 Å². The minimum Gasteiger partial charge on any atom is -0.294 e. The van der Waals surface area contributed by atoms with E-state index in [-0.39, 0.29) is 17.5 Å². The Kier molecular flexibility index (Phi) is 3.96.